The highest BCUT2D eigenvalue weighted by Gasteiger charge is 2.21. The van der Waals surface area contributed by atoms with E-state index in [9.17, 15) is 4.39 Å². The second kappa shape index (κ2) is 5.35. The molecule has 19 heavy (non-hydrogen) atoms. The molecule has 0 atom stereocenters. The Morgan fingerprint density at radius 3 is 3.00 bits per heavy atom. The molecule has 1 aliphatic rings. The minimum Gasteiger partial charge on any atom is -0.439 e. The molecular formula is C14H15FN2OS. The summed E-state index contributed by atoms with van der Waals surface area (Å²) in [6.07, 6.45) is 4.01. The van der Waals surface area contributed by atoms with Crippen LogP contribution >= 0.6 is 11.8 Å². The van der Waals surface area contributed by atoms with Gasteiger partial charge in [-0.1, -0.05) is 12.1 Å². The summed E-state index contributed by atoms with van der Waals surface area (Å²) < 4.78 is 19.2. The van der Waals surface area contributed by atoms with E-state index in [2.05, 4.69) is 10.3 Å². The van der Waals surface area contributed by atoms with E-state index in [4.69, 9.17) is 4.42 Å². The first-order valence-electron chi connectivity index (χ1n) is 6.33. The van der Waals surface area contributed by atoms with Gasteiger partial charge in [0, 0.05) is 12.6 Å². The van der Waals surface area contributed by atoms with Crippen LogP contribution in [0.3, 0.4) is 0 Å². The molecule has 2 aromatic rings. The number of hydrogen-bond acceptors (Lipinski definition) is 4. The number of benzene rings is 1. The molecule has 0 amide bonds. The molecule has 1 aromatic heterocycles. The van der Waals surface area contributed by atoms with Crippen molar-refractivity contribution >= 4 is 11.8 Å². The third-order valence-electron chi connectivity index (χ3n) is 2.99. The maximum atomic E-state index is 14.0. The van der Waals surface area contributed by atoms with Crippen LogP contribution in [0.1, 0.15) is 24.1 Å². The summed E-state index contributed by atoms with van der Waals surface area (Å²) in [5.41, 5.74) is 1.75. The Morgan fingerprint density at radius 2 is 2.32 bits per heavy atom. The third-order valence-corrected chi connectivity index (χ3v) is 4.02. The van der Waals surface area contributed by atoms with Crippen LogP contribution in [-0.4, -0.2) is 11.0 Å². The molecule has 100 valence electrons. The molecule has 0 unspecified atom stereocenters. The van der Waals surface area contributed by atoms with Crippen LogP contribution in [0.4, 0.5) is 4.39 Å². The van der Waals surface area contributed by atoms with Gasteiger partial charge in [0.1, 0.15) is 12.1 Å². The van der Waals surface area contributed by atoms with E-state index in [0.29, 0.717) is 22.7 Å². The van der Waals surface area contributed by atoms with Crippen LogP contribution in [0, 0.1) is 12.7 Å². The summed E-state index contributed by atoms with van der Waals surface area (Å²) in [5.74, 6) is -0.226. The number of hydrogen-bond donors (Lipinski definition) is 1. The van der Waals surface area contributed by atoms with Crippen LogP contribution in [0.15, 0.2) is 39.0 Å². The number of aryl methyl sites for hydroxylation is 1. The standard InChI is InChI=1S/C14H15FN2OS/c1-9-8-18-14(17-9)19-13-10(3-2-4-12(13)15)7-16-11-5-6-11/h2-4,8,11,16H,5-7H2,1H3. The van der Waals surface area contributed by atoms with Crippen LogP contribution in [0.25, 0.3) is 0 Å². The molecule has 0 aliphatic heterocycles. The lowest BCUT2D eigenvalue weighted by atomic mass is 10.2. The van der Waals surface area contributed by atoms with Crippen LogP contribution in [0.5, 0.6) is 0 Å². The molecule has 1 saturated carbocycles. The predicted octanol–water partition coefficient (Wildman–Crippen LogP) is 3.53. The largest absolute Gasteiger partial charge is 0.439 e. The fourth-order valence-electron chi connectivity index (χ4n) is 1.82. The van der Waals surface area contributed by atoms with Gasteiger partial charge < -0.3 is 9.73 Å². The molecule has 3 nitrogen and oxygen atoms in total. The van der Waals surface area contributed by atoms with Crippen molar-refractivity contribution < 1.29 is 8.81 Å². The summed E-state index contributed by atoms with van der Waals surface area (Å²) in [5, 5.41) is 3.88. The molecule has 1 N–H and O–H groups in total. The lowest BCUT2D eigenvalue weighted by Gasteiger charge is -2.09. The Morgan fingerprint density at radius 1 is 1.47 bits per heavy atom. The van der Waals surface area contributed by atoms with Gasteiger partial charge in [0.05, 0.1) is 10.6 Å². The van der Waals surface area contributed by atoms with E-state index in [1.807, 2.05) is 13.0 Å². The summed E-state index contributed by atoms with van der Waals surface area (Å²) in [6.45, 7) is 2.54. The van der Waals surface area contributed by atoms with Gasteiger partial charge in [0.15, 0.2) is 0 Å². The van der Waals surface area contributed by atoms with E-state index in [1.165, 1.54) is 30.7 Å². The molecule has 5 heteroatoms. The van der Waals surface area contributed by atoms with Gasteiger partial charge in [0.2, 0.25) is 0 Å². The number of halogens is 1. The van der Waals surface area contributed by atoms with Crippen molar-refractivity contribution in [3.63, 3.8) is 0 Å². The minimum absolute atomic E-state index is 0.226. The fraction of sp³-hybridized carbons (Fsp3) is 0.357. The van der Waals surface area contributed by atoms with Crippen molar-refractivity contribution in [1.29, 1.82) is 0 Å². The lowest BCUT2D eigenvalue weighted by Crippen LogP contribution is -2.16. The molecule has 0 bridgehead atoms. The van der Waals surface area contributed by atoms with Crippen molar-refractivity contribution in [3.8, 4) is 0 Å². The van der Waals surface area contributed by atoms with E-state index >= 15 is 0 Å². The van der Waals surface area contributed by atoms with Crippen molar-refractivity contribution in [3.05, 3.63) is 41.5 Å². The molecule has 1 aliphatic carbocycles. The van der Waals surface area contributed by atoms with Gasteiger partial charge in [-0.15, -0.1) is 0 Å². The van der Waals surface area contributed by atoms with Gasteiger partial charge >= 0.3 is 0 Å². The highest BCUT2D eigenvalue weighted by Crippen LogP contribution is 2.32. The monoisotopic (exact) mass is 278 g/mol. The van der Waals surface area contributed by atoms with Crippen LogP contribution < -0.4 is 5.32 Å². The maximum Gasteiger partial charge on any atom is 0.260 e. The van der Waals surface area contributed by atoms with Crippen LogP contribution in [0.2, 0.25) is 0 Å². The van der Waals surface area contributed by atoms with Crippen molar-refractivity contribution in [1.82, 2.24) is 10.3 Å². The summed E-state index contributed by atoms with van der Waals surface area (Å²) in [6, 6.07) is 5.75. The highest BCUT2D eigenvalue weighted by atomic mass is 32.2. The summed E-state index contributed by atoms with van der Waals surface area (Å²) in [4.78, 5) is 4.80. The second-order valence-corrected chi connectivity index (χ2v) is 5.70. The van der Waals surface area contributed by atoms with E-state index in [1.54, 1.807) is 12.3 Å². The van der Waals surface area contributed by atoms with Crippen molar-refractivity contribution in [2.75, 3.05) is 0 Å². The van der Waals surface area contributed by atoms with Gasteiger partial charge in [-0.3, -0.25) is 0 Å². The van der Waals surface area contributed by atoms with Gasteiger partial charge in [-0.05, 0) is 43.2 Å². The third kappa shape index (κ3) is 3.16. The number of nitrogens with zero attached hydrogens (tertiary/aromatic N) is 1. The number of rotatable bonds is 5. The quantitative estimate of drug-likeness (QED) is 0.908. The first-order chi connectivity index (χ1) is 9.22. The van der Waals surface area contributed by atoms with E-state index < -0.39 is 0 Å². The lowest BCUT2D eigenvalue weighted by molar-refractivity contribution is 0.453. The Bertz CT molecular complexity index is 581. The molecule has 1 heterocycles. The Hall–Kier alpha value is -1.33. The zero-order valence-electron chi connectivity index (χ0n) is 10.6. The van der Waals surface area contributed by atoms with E-state index in [0.717, 1.165) is 11.3 Å². The topological polar surface area (TPSA) is 38.1 Å². The minimum atomic E-state index is -0.226. The molecule has 0 radical (unpaired) electrons. The summed E-state index contributed by atoms with van der Waals surface area (Å²) in [7, 11) is 0. The highest BCUT2D eigenvalue weighted by molar-refractivity contribution is 7.99. The first-order valence-corrected chi connectivity index (χ1v) is 7.15. The van der Waals surface area contributed by atoms with Gasteiger partial charge in [-0.25, -0.2) is 9.37 Å². The molecule has 0 spiro atoms. The molecule has 1 aromatic carbocycles. The Kier molecular flexibility index (Phi) is 3.57. The SMILES string of the molecule is Cc1coc(Sc2c(F)cccc2CNC2CC2)n1. The average Bonchev–Trinajstić information content (AvgIpc) is 3.13. The molecule has 0 saturated heterocycles. The maximum absolute atomic E-state index is 14.0. The van der Waals surface area contributed by atoms with Crippen molar-refractivity contribution in [2.45, 2.75) is 42.5 Å². The van der Waals surface area contributed by atoms with Gasteiger partial charge in [0.25, 0.3) is 5.22 Å². The zero-order valence-corrected chi connectivity index (χ0v) is 11.5. The van der Waals surface area contributed by atoms with Gasteiger partial charge in [-0.2, -0.15) is 0 Å². The van der Waals surface area contributed by atoms with Crippen LogP contribution in [-0.2, 0) is 6.54 Å². The second-order valence-electron chi connectivity index (χ2n) is 4.74. The zero-order chi connectivity index (χ0) is 13.2. The smallest absolute Gasteiger partial charge is 0.260 e. The normalized spacial score (nSPS) is 14.8. The predicted molar refractivity (Wildman–Crippen MR) is 71.6 cm³/mol. The summed E-state index contributed by atoms with van der Waals surface area (Å²) >= 11 is 1.24. The van der Waals surface area contributed by atoms with E-state index in [-0.39, 0.29) is 5.82 Å². The van der Waals surface area contributed by atoms with Crippen molar-refractivity contribution in [2.24, 2.45) is 0 Å². The Labute approximate surface area is 115 Å². The molecular weight excluding hydrogens is 263 g/mol. The average molecular weight is 278 g/mol. The number of oxazole rings is 1. The molecule has 1 fully saturated rings. The number of nitrogens with one attached hydrogen (secondary N) is 1. The fourth-order valence-corrected chi connectivity index (χ4v) is 2.71. The Balaban J connectivity index is 1.80. The molecule has 3 rings (SSSR count). The number of aromatic nitrogens is 1. The first kappa shape index (κ1) is 12.7.